The second kappa shape index (κ2) is 17.9. The van der Waals surface area contributed by atoms with Crippen molar-refractivity contribution in [1.82, 2.24) is 0 Å². The van der Waals surface area contributed by atoms with Crippen molar-refractivity contribution in [3.05, 3.63) is 0 Å². The smallest absolute Gasteiger partial charge is 0.224 e. The first-order chi connectivity index (χ1) is 26.4. The summed E-state index contributed by atoms with van der Waals surface area (Å²) in [4.78, 5) is 0. The summed E-state index contributed by atoms with van der Waals surface area (Å²) in [5, 5.41) is 176. The Morgan fingerprint density at radius 3 is 1.23 bits per heavy atom. The number of aliphatic hydroxyl groups excluding tert-OH is 17. The Hall–Kier alpha value is -1.04. The minimum atomic E-state index is -2.56. The van der Waals surface area contributed by atoms with Gasteiger partial charge in [0.15, 0.2) is 6.29 Å². The van der Waals surface area contributed by atoms with Crippen LogP contribution in [0.15, 0.2) is 0 Å². The molecule has 17 N–H and O–H groups in total. The van der Waals surface area contributed by atoms with Crippen molar-refractivity contribution in [3.8, 4) is 0 Å². The van der Waals surface area contributed by atoms with Crippen LogP contribution in [0.4, 0.5) is 0 Å². The van der Waals surface area contributed by atoms with Crippen molar-refractivity contribution < 1.29 is 129 Å². The van der Waals surface area contributed by atoms with E-state index in [0.717, 1.165) is 0 Å². The van der Waals surface area contributed by atoms with E-state index < -0.39 is 187 Å². The molecule has 0 saturated carbocycles. The molecule has 56 heavy (non-hydrogen) atoms. The maximum absolute atomic E-state index is 11.0. The Balaban J connectivity index is 1.28. The maximum atomic E-state index is 11.0. The number of rotatable bonds is 17. The first kappa shape index (κ1) is 46.0. The fraction of sp³-hybridized carbons (Fsp3) is 1.00. The maximum Gasteiger partial charge on any atom is 0.224 e. The summed E-state index contributed by atoms with van der Waals surface area (Å²) in [6, 6.07) is 0. The Morgan fingerprint density at radius 1 is 0.375 bits per heavy atom. The first-order valence-corrected chi connectivity index (χ1v) is 17.5. The fourth-order valence-corrected chi connectivity index (χ4v) is 7.16. The Kier molecular flexibility index (Phi) is 14.7. The van der Waals surface area contributed by atoms with Crippen molar-refractivity contribution in [2.45, 2.75) is 127 Å². The zero-order chi connectivity index (χ0) is 41.5. The van der Waals surface area contributed by atoms with E-state index in [1.54, 1.807) is 0 Å². The van der Waals surface area contributed by atoms with Gasteiger partial charge >= 0.3 is 0 Å². The normalized spacial score (nSPS) is 52.3. The van der Waals surface area contributed by atoms with E-state index in [1.807, 2.05) is 0 Å². The Morgan fingerprint density at radius 2 is 0.750 bits per heavy atom. The highest BCUT2D eigenvalue weighted by Gasteiger charge is 2.63. The molecular weight excluding hydrogens is 776 g/mol. The van der Waals surface area contributed by atoms with E-state index in [4.69, 9.17) is 42.6 Å². The van der Waals surface area contributed by atoms with E-state index in [0.29, 0.717) is 0 Å². The summed E-state index contributed by atoms with van der Waals surface area (Å²) < 4.78 is 49.6. The van der Waals surface area contributed by atoms with Crippen LogP contribution in [0.2, 0.25) is 0 Å². The van der Waals surface area contributed by atoms with Gasteiger partial charge in [-0.2, -0.15) is 0 Å². The molecule has 21 atom stereocenters. The van der Waals surface area contributed by atoms with Crippen molar-refractivity contribution in [2.24, 2.45) is 0 Å². The lowest BCUT2D eigenvalue weighted by Gasteiger charge is -2.44. The number of hydrogen-bond acceptors (Lipinski definition) is 26. The minimum absolute atomic E-state index is 0.813. The molecule has 26 heteroatoms. The fourth-order valence-electron chi connectivity index (χ4n) is 7.16. The molecule has 0 spiro atoms. The second-order valence-electron chi connectivity index (χ2n) is 14.2. The van der Waals surface area contributed by atoms with Gasteiger partial charge in [0.05, 0.1) is 33.0 Å². The third-order valence-corrected chi connectivity index (χ3v) is 10.7. The summed E-state index contributed by atoms with van der Waals surface area (Å²) in [7, 11) is 0. The first-order valence-electron chi connectivity index (χ1n) is 17.5. The molecule has 26 nitrogen and oxygen atoms in total. The van der Waals surface area contributed by atoms with Gasteiger partial charge in [-0.25, -0.2) is 0 Å². The summed E-state index contributed by atoms with van der Waals surface area (Å²) in [6.45, 7) is -8.88. The molecule has 5 heterocycles. The molecule has 5 aliphatic rings. The second-order valence-corrected chi connectivity index (χ2v) is 14.2. The Labute approximate surface area is 316 Å². The van der Waals surface area contributed by atoms with Gasteiger partial charge in [0.2, 0.25) is 23.1 Å². The molecule has 5 fully saturated rings. The van der Waals surface area contributed by atoms with Gasteiger partial charge in [0.25, 0.3) is 0 Å². The summed E-state index contributed by atoms with van der Waals surface area (Å²) >= 11 is 0. The highest BCUT2D eigenvalue weighted by atomic mass is 16.8. The lowest BCUT2D eigenvalue weighted by molar-refractivity contribution is -0.389. The molecule has 5 rings (SSSR count). The zero-order valence-corrected chi connectivity index (χ0v) is 29.5. The van der Waals surface area contributed by atoms with Gasteiger partial charge in [-0.15, -0.1) is 0 Å². The third-order valence-electron chi connectivity index (χ3n) is 10.7. The summed E-state index contributed by atoms with van der Waals surface area (Å²) in [6.07, 6.45) is -31.6. The topological polar surface area (TPSA) is 427 Å². The van der Waals surface area contributed by atoms with Crippen LogP contribution in [-0.4, -0.2) is 273 Å². The van der Waals surface area contributed by atoms with Crippen molar-refractivity contribution in [1.29, 1.82) is 0 Å². The van der Waals surface area contributed by atoms with Gasteiger partial charge < -0.3 is 129 Å². The van der Waals surface area contributed by atoms with E-state index in [2.05, 4.69) is 0 Å². The average Bonchev–Trinajstić information content (AvgIpc) is 3.80. The van der Waals surface area contributed by atoms with Gasteiger partial charge in [-0.1, -0.05) is 0 Å². The third kappa shape index (κ3) is 7.97. The van der Waals surface area contributed by atoms with Crippen LogP contribution < -0.4 is 0 Å². The van der Waals surface area contributed by atoms with Gasteiger partial charge in [0, 0.05) is 0 Å². The highest BCUT2D eigenvalue weighted by Crippen LogP contribution is 2.41. The van der Waals surface area contributed by atoms with Crippen LogP contribution >= 0.6 is 0 Å². The van der Waals surface area contributed by atoms with Gasteiger partial charge in [0.1, 0.15) is 124 Å². The largest absolute Gasteiger partial charge is 0.394 e. The Bertz CT molecular complexity index is 1270. The molecule has 0 bridgehead atoms. The van der Waals surface area contributed by atoms with Crippen molar-refractivity contribution in [2.75, 3.05) is 59.5 Å². The molecule has 0 aromatic heterocycles. The lowest BCUT2D eigenvalue weighted by Crippen LogP contribution is -2.63. The molecule has 0 radical (unpaired) electrons. The molecule has 0 aliphatic carbocycles. The molecule has 0 aromatic rings. The van der Waals surface area contributed by atoms with Crippen LogP contribution in [0.3, 0.4) is 0 Å². The number of aliphatic hydroxyl groups is 17. The van der Waals surface area contributed by atoms with Gasteiger partial charge in [-0.3, -0.25) is 0 Å². The molecule has 5 saturated heterocycles. The van der Waals surface area contributed by atoms with Crippen LogP contribution in [0.25, 0.3) is 0 Å². The quantitative estimate of drug-likeness (QED) is 0.0647. The molecule has 328 valence electrons. The van der Waals surface area contributed by atoms with E-state index in [-0.39, 0.29) is 0 Å². The highest BCUT2D eigenvalue weighted by molar-refractivity contribution is 5.03. The molecular formula is C30H52O26. The molecule has 0 aromatic carbocycles. The molecule has 5 aliphatic heterocycles. The van der Waals surface area contributed by atoms with E-state index in [9.17, 15) is 86.8 Å². The van der Waals surface area contributed by atoms with E-state index >= 15 is 0 Å². The predicted molar refractivity (Wildman–Crippen MR) is 167 cm³/mol. The standard InChI is InChI=1S/C30H52O26/c31-1-10-16(38)22(44)28(7-35,52-10)50-9-30(25(47)18(40)12(3-33)54-30)49-5-14-19(41)23(45)27(6-34,55-14)48-4-13-15(37)20(42)21(43)26(51-13)56-29(8-36)24(46)17(39)11(2-32)53-29/h10-26,31-47H,1-9H2/t10-,11-,12-,13-,14-,15-,16-,17-,18-,19-,20+,21-,22+,23+,24+,25+,26-,27-,28-,29+,30-/m1/s1. The monoisotopic (exact) mass is 828 g/mol. The van der Waals surface area contributed by atoms with Gasteiger partial charge in [-0.05, 0) is 0 Å². The van der Waals surface area contributed by atoms with Crippen LogP contribution in [-0.2, 0) is 42.6 Å². The molecule has 0 amide bonds. The predicted octanol–water partition coefficient (Wildman–Crippen LogP) is -11.9. The minimum Gasteiger partial charge on any atom is -0.394 e. The van der Waals surface area contributed by atoms with Crippen LogP contribution in [0.5, 0.6) is 0 Å². The average molecular weight is 829 g/mol. The number of ether oxygens (including phenoxy) is 9. The summed E-state index contributed by atoms with van der Waals surface area (Å²) in [5.41, 5.74) is 0. The van der Waals surface area contributed by atoms with Crippen LogP contribution in [0, 0.1) is 0 Å². The molecule has 0 unspecified atom stereocenters. The van der Waals surface area contributed by atoms with E-state index in [1.165, 1.54) is 0 Å². The lowest BCUT2D eigenvalue weighted by atomic mass is 9.98. The summed E-state index contributed by atoms with van der Waals surface area (Å²) in [5.74, 6) is -10.0. The number of hydrogen-bond donors (Lipinski definition) is 17. The SMILES string of the molecule is OC[C@H]1O[C@@](CO)(OC[C@@]2(OC[C@H]3O[C@@](CO)(OC[C@H]4O[C@H](O[C@]5(CO)O[C@H](CO)[C@@H](O)[C@@H]5O)[C@H](O)[C@@H](O)[C@@H]4O)[C@@H](O)[C@@H]3O)O[C@H](CO)[C@@H](O)[C@@H]2O)[C@@H](O)[C@@H]1O. The van der Waals surface area contributed by atoms with Crippen molar-refractivity contribution >= 4 is 0 Å². The zero-order valence-electron chi connectivity index (χ0n) is 29.5. The van der Waals surface area contributed by atoms with Crippen LogP contribution in [0.1, 0.15) is 0 Å². The van der Waals surface area contributed by atoms with Crippen molar-refractivity contribution in [3.63, 3.8) is 0 Å².